The van der Waals surface area contributed by atoms with Gasteiger partial charge in [0.1, 0.15) is 13.7 Å². The van der Waals surface area contributed by atoms with E-state index in [9.17, 15) is 4.39 Å². The molecule has 1 N–H and O–H groups in total. The summed E-state index contributed by atoms with van der Waals surface area (Å²) < 4.78 is 13.0. The van der Waals surface area contributed by atoms with Gasteiger partial charge in [-0.2, -0.15) is 0 Å². The number of nitrogens with zero attached hydrogens (tertiary/aromatic N) is 2. The number of benzene rings is 1. The molecule has 5 heteroatoms. The smallest absolute Gasteiger partial charge is 0.223 e. The molecule has 0 aliphatic heterocycles. The highest BCUT2D eigenvalue weighted by Crippen LogP contribution is 2.43. The van der Waals surface area contributed by atoms with Gasteiger partial charge in [0.05, 0.1) is 5.54 Å². The Morgan fingerprint density at radius 3 is 2.26 bits per heavy atom. The maximum Gasteiger partial charge on any atom is 0.223 e. The highest BCUT2D eigenvalue weighted by molar-refractivity contribution is 6.31. The molecule has 94 valence electrons. The highest BCUT2D eigenvalue weighted by atomic mass is 19.1. The van der Waals surface area contributed by atoms with Crippen LogP contribution in [0.2, 0.25) is 0 Å². The van der Waals surface area contributed by atoms with E-state index in [1.165, 1.54) is 12.1 Å². The molecule has 0 saturated heterocycles. The molecule has 0 bridgehead atoms. The largest absolute Gasteiger partial charge is 0.345 e. The third-order valence-corrected chi connectivity index (χ3v) is 3.63. The van der Waals surface area contributed by atoms with E-state index in [-0.39, 0.29) is 11.4 Å². The van der Waals surface area contributed by atoms with Crippen LogP contribution in [0.1, 0.15) is 24.8 Å². The normalized spacial score (nSPS) is 16.7. The Balaban J connectivity index is 1.87. The minimum atomic E-state index is -0.220. The number of anilines is 1. The molecule has 0 unspecified atom stereocenters. The lowest BCUT2D eigenvalue weighted by molar-refractivity contribution is 0.282. The van der Waals surface area contributed by atoms with Crippen molar-refractivity contribution in [2.45, 2.75) is 24.8 Å². The molecule has 1 saturated carbocycles. The molecule has 0 amide bonds. The predicted octanol–water partition coefficient (Wildman–Crippen LogP) is 1.90. The van der Waals surface area contributed by atoms with Gasteiger partial charge in [0.25, 0.3) is 0 Å². The molecule has 3 rings (SSSR count). The van der Waals surface area contributed by atoms with Gasteiger partial charge < -0.3 is 5.32 Å². The van der Waals surface area contributed by atoms with Crippen molar-refractivity contribution in [2.24, 2.45) is 0 Å². The molecule has 3 nitrogen and oxygen atoms in total. The molecule has 0 atom stereocenters. The van der Waals surface area contributed by atoms with Gasteiger partial charge >= 0.3 is 0 Å². The molecule has 0 spiro atoms. The number of hydrogen-bond acceptors (Lipinski definition) is 3. The zero-order chi connectivity index (χ0) is 13.3. The molecule has 2 radical (unpaired) electrons. The molecular weight excluding hydrogens is 240 g/mol. The van der Waals surface area contributed by atoms with Gasteiger partial charge in [-0.25, -0.2) is 14.4 Å². The van der Waals surface area contributed by atoms with Crippen molar-refractivity contribution in [3.8, 4) is 0 Å². The number of hydrogen-bond donors (Lipinski definition) is 1. The Morgan fingerprint density at radius 1 is 1.11 bits per heavy atom. The summed E-state index contributed by atoms with van der Waals surface area (Å²) in [6, 6.07) is 6.61. The summed E-state index contributed by atoms with van der Waals surface area (Å²) >= 11 is 0. The maximum atomic E-state index is 13.0. The van der Waals surface area contributed by atoms with Crippen molar-refractivity contribution >= 4 is 19.3 Å². The zero-order valence-electron chi connectivity index (χ0n) is 10.4. The van der Waals surface area contributed by atoms with Crippen LogP contribution in [0.3, 0.4) is 0 Å². The van der Waals surface area contributed by atoms with E-state index in [0.29, 0.717) is 11.4 Å². The van der Waals surface area contributed by atoms with Crippen LogP contribution in [0.5, 0.6) is 0 Å². The van der Waals surface area contributed by atoms with Crippen LogP contribution < -0.4 is 10.8 Å². The summed E-state index contributed by atoms with van der Waals surface area (Å²) in [4.78, 5) is 8.33. The Hall–Kier alpha value is -1.91. The molecule has 1 aromatic heterocycles. The van der Waals surface area contributed by atoms with Crippen molar-refractivity contribution in [3.05, 3.63) is 48.0 Å². The fourth-order valence-electron chi connectivity index (χ4n) is 2.40. The zero-order valence-corrected chi connectivity index (χ0v) is 10.4. The molecular formula is C14H13BFN3. The summed E-state index contributed by atoms with van der Waals surface area (Å²) in [5.41, 5.74) is 1.43. The average Bonchev–Trinajstić information content (AvgIpc) is 2.37. The molecule has 1 aromatic carbocycles. The number of rotatable bonds is 3. The first kappa shape index (κ1) is 12.1. The van der Waals surface area contributed by atoms with Crippen LogP contribution in [0.25, 0.3) is 0 Å². The van der Waals surface area contributed by atoms with Crippen LogP contribution in [0.4, 0.5) is 10.3 Å². The van der Waals surface area contributed by atoms with E-state index >= 15 is 0 Å². The van der Waals surface area contributed by atoms with E-state index in [1.807, 2.05) is 12.1 Å². The lowest BCUT2D eigenvalue weighted by Crippen LogP contribution is -2.42. The lowest BCUT2D eigenvalue weighted by Gasteiger charge is -2.43. The van der Waals surface area contributed by atoms with E-state index in [4.69, 9.17) is 7.85 Å². The number of nitrogens with one attached hydrogen (secondary N) is 1. The first-order valence-corrected chi connectivity index (χ1v) is 6.30. The van der Waals surface area contributed by atoms with Gasteiger partial charge in [0.15, 0.2) is 0 Å². The summed E-state index contributed by atoms with van der Waals surface area (Å²) in [6.07, 6.45) is 6.27. The molecule has 1 aliphatic carbocycles. The topological polar surface area (TPSA) is 37.8 Å². The molecule has 1 fully saturated rings. The van der Waals surface area contributed by atoms with Crippen LogP contribution in [0.15, 0.2) is 36.7 Å². The lowest BCUT2D eigenvalue weighted by atomic mass is 9.72. The van der Waals surface area contributed by atoms with E-state index < -0.39 is 0 Å². The quantitative estimate of drug-likeness (QED) is 0.849. The Bertz CT molecular complexity index is 564. The third kappa shape index (κ3) is 2.32. The van der Waals surface area contributed by atoms with Gasteiger partial charge in [-0.3, -0.25) is 0 Å². The monoisotopic (exact) mass is 253 g/mol. The van der Waals surface area contributed by atoms with Gasteiger partial charge in [-0.1, -0.05) is 17.6 Å². The van der Waals surface area contributed by atoms with Gasteiger partial charge in [0, 0.05) is 12.4 Å². The summed E-state index contributed by atoms with van der Waals surface area (Å²) in [5.74, 6) is 0.334. The van der Waals surface area contributed by atoms with Crippen LogP contribution >= 0.6 is 0 Å². The first-order chi connectivity index (χ1) is 9.18. The fourth-order valence-corrected chi connectivity index (χ4v) is 2.40. The molecule has 2 aromatic rings. The van der Waals surface area contributed by atoms with Crippen molar-refractivity contribution in [3.63, 3.8) is 0 Å². The summed E-state index contributed by atoms with van der Waals surface area (Å²) in [5, 5.41) is 3.35. The second-order valence-corrected chi connectivity index (χ2v) is 4.91. The maximum absolute atomic E-state index is 13.0. The van der Waals surface area contributed by atoms with Gasteiger partial charge in [0.2, 0.25) is 5.95 Å². The number of halogens is 1. The fraction of sp³-hybridized carbons (Fsp3) is 0.286. The SMILES string of the molecule is [B]c1cnc(NC2(c3ccc(F)cc3)CCC2)nc1. The van der Waals surface area contributed by atoms with Crippen LogP contribution in [0, 0.1) is 5.82 Å². The van der Waals surface area contributed by atoms with Crippen molar-refractivity contribution in [2.75, 3.05) is 5.32 Å². The predicted molar refractivity (Wildman–Crippen MR) is 73.0 cm³/mol. The molecule has 1 aliphatic rings. The highest BCUT2D eigenvalue weighted by Gasteiger charge is 2.39. The summed E-state index contributed by atoms with van der Waals surface area (Å²) in [6.45, 7) is 0. The van der Waals surface area contributed by atoms with Crippen molar-refractivity contribution < 1.29 is 4.39 Å². The molecule has 19 heavy (non-hydrogen) atoms. The van der Waals surface area contributed by atoms with E-state index in [2.05, 4.69) is 15.3 Å². The van der Waals surface area contributed by atoms with E-state index in [0.717, 1.165) is 24.8 Å². The first-order valence-electron chi connectivity index (χ1n) is 6.30. The van der Waals surface area contributed by atoms with E-state index in [1.54, 1.807) is 12.4 Å². The van der Waals surface area contributed by atoms with Crippen LogP contribution in [-0.4, -0.2) is 17.8 Å². The minimum absolute atomic E-state index is 0.177. The Kier molecular flexibility index (Phi) is 2.97. The molecule has 1 heterocycles. The second-order valence-electron chi connectivity index (χ2n) is 4.91. The Morgan fingerprint density at radius 2 is 1.74 bits per heavy atom. The second kappa shape index (κ2) is 4.65. The third-order valence-electron chi connectivity index (χ3n) is 3.63. The van der Waals surface area contributed by atoms with Crippen molar-refractivity contribution in [1.82, 2.24) is 9.97 Å². The van der Waals surface area contributed by atoms with Crippen LogP contribution in [-0.2, 0) is 5.54 Å². The Labute approximate surface area is 112 Å². The van der Waals surface area contributed by atoms with Gasteiger partial charge in [-0.15, -0.1) is 0 Å². The standard InChI is InChI=1S/C14H13BFN3/c15-11-8-17-13(18-9-11)19-14(6-1-7-14)10-2-4-12(16)5-3-10/h2-5,8-9H,1,6-7H2,(H,17,18,19). The van der Waals surface area contributed by atoms with Crippen molar-refractivity contribution in [1.29, 1.82) is 0 Å². The minimum Gasteiger partial charge on any atom is -0.345 e. The van der Waals surface area contributed by atoms with Gasteiger partial charge in [-0.05, 0) is 37.0 Å². The number of aromatic nitrogens is 2. The average molecular weight is 253 g/mol. The summed E-state index contributed by atoms with van der Waals surface area (Å²) in [7, 11) is 5.57.